The van der Waals surface area contributed by atoms with E-state index in [2.05, 4.69) is 0 Å². The van der Waals surface area contributed by atoms with Crippen molar-refractivity contribution in [2.75, 3.05) is 26.3 Å². The Hall–Kier alpha value is -1.59. The molecule has 1 aromatic rings. The van der Waals surface area contributed by atoms with E-state index in [1.54, 1.807) is 0 Å². The van der Waals surface area contributed by atoms with Crippen molar-refractivity contribution in [2.45, 2.75) is 12.7 Å². The van der Waals surface area contributed by atoms with E-state index < -0.39 is 6.09 Å². The number of hydrogen-bond acceptors (Lipinski definition) is 3. The van der Waals surface area contributed by atoms with Gasteiger partial charge >= 0.3 is 6.09 Å². The molecule has 5 nitrogen and oxygen atoms in total. The first kappa shape index (κ1) is 12.9. The lowest BCUT2D eigenvalue weighted by Crippen LogP contribution is -2.46. The molecule has 0 unspecified atom stereocenters. The largest absolute Gasteiger partial charge is 0.465 e. The predicted octanol–water partition coefficient (Wildman–Crippen LogP) is 1.58. The second kappa shape index (κ2) is 6.37. The van der Waals surface area contributed by atoms with Crippen molar-refractivity contribution in [1.29, 1.82) is 0 Å². The number of hydrogen-bond donors (Lipinski definition) is 1. The molecule has 1 heterocycles. The van der Waals surface area contributed by atoms with Crippen molar-refractivity contribution in [1.82, 2.24) is 4.90 Å². The first-order valence-electron chi connectivity index (χ1n) is 5.97. The maximum atomic E-state index is 10.8. The fourth-order valence-corrected chi connectivity index (χ4v) is 1.88. The summed E-state index contributed by atoms with van der Waals surface area (Å²) < 4.78 is 11.0. The van der Waals surface area contributed by atoms with Gasteiger partial charge in [0.15, 0.2) is 0 Å². The highest BCUT2D eigenvalue weighted by molar-refractivity contribution is 5.65. The average molecular weight is 251 g/mol. The van der Waals surface area contributed by atoms with Crippen LogP contribution in [-0.4, -0.2) is 48.5 Å². The van der Waals surface area contributed by atoms with Crippen molar-refractivity contribution in [2.24, 2.45) is 0 Å². The van der Waals surface area contributed by atoms with Crippen molar-refractivity contribution in [3.05, 3.63) is 35.9 Å². The molecule has 0 radical (unpaired) electrons. The maximum Gasteiger partial charge on any atom is 0.407 e. The molecule has 0 aromatic heterocycles. The average Bonchev–Trinajstić information content (AvgIpc) is 2.40. The van der Waals surface area contributed by atoms with Crippen LogP contribution in [0.1, 0.15) is 5.56 Å². The topological polar surface area (TPSA) is 59.0 Å². The van der Waals surface area contributed by atoms with E-state index in [1.165, 1.54) is 4.90 Å². The van der Waals surface area contributed by atoms with E-state index in [1.807, 2.05) is 30.3 Å². The first-order valence-corrected chi connectivity index (χ1v) is 5.97. The van der Waals surface area contributed by atoms with E-state index in [-0.39, 0.29) is 6.10 Å². The number of rotatable bonds is 4. The molecule has 1 aliphatic heterocycles. The molecule has 0 aliphatic carbocycles. The minimum atomic E-state index is -0.897. The molecule has 2 rings (SSSR count). The molecule has 5 heteroatoms. The lowest BCUT2D eigenvalue weighted by Gasteiger charge is -2.30. The Balaban J connectivity index is 1.72. The van der Waals surface area contributed by atoms with Gasteiger partial charge in [0.1, 0.15) is 0 Å². The molecule has 1 aromatic carbocycles. The molecule has 1 amide bonds. The molecule has 1 saturated heterocycles. The molecule has 1 fully saturated rings. The summed E-state index contributed by atoms with van der Waals surface area (Å²) in [6, 6.07) is 9.86. The molecule has 98 valence electrons. The third kappa shape index (κ3) is 3.72. The number of carbonyl (C=O) groups is 1. The normalized spacial score (nSPS) is 19.8. The van der Waals surface area contributed by atoms with Crippen molar-refractivity contribution in [3.63, 3.8) is 0 Å². The zero-order valence-corrected chi connectivity index (χ0v) is 10.1. The molecular weight excluding hydrogens is 234 g/mol. The van der Waals surface area contributed by atoms with Gasteiger partial charge in [0.2, 0.25) is 0 Å². The van der Waals surface area contributed by atoms with Gasteiger partial charge < -0.3 is 19.5 Å². The van der Waals surface area contributed by atoms with E-state index in [4.69, 9.17) is 14.6 Å². The molecule has 18 heavy (non-hydrogen) atoms. The van der Waals surface area contributed by atoms with Gasteiger partial charge in [-0.15, -0.1) is 0 Å². The standard InChI is InChI=1S/C13H17NO4/c15-13(16)14-6-7-18-12(8-14)10-17-9-11-4-2-1-3-5-11/h1-5,12H,6-10H2,(H,15,16)/t12-/m1/s1. The van der Waals surface area contributed by atoms with E-state index >= 15 is 0 Å². The van der Waals surface area contributed by atoms with E-state index in [0.29, 0.717) is 32.9 Å². The van der Waals surface area contributed by atoms with Crippen LogP contribution < -0.4 is 0 Å². The van der Waals surface area contributed by atoms with E-state index in [0.717, 1.165) is 5.56 Å². The van der Waals surface area contributed by atoms with Crippen LogP contribution in [0.15, 0.2) is 30.3 Å². The Labute approximate surface area is 106 Å². The minimum Gasteiger partial charge on any atom is -0.465 e. The van der Waals surface area contributed by atoms with Gasteiger partial charge in [-0.25, -0.2) is 4.79 Å². The summed E-state index contributed by atoms with van der Waals surface area (Å²) in [4.78, 5) is 12.2. The smallest absolute Gasteiger partial charge is 0.407 e. The van der Waals surface area contributed by atoms with Crippen LogP contribution in [0.4, 0.5) is 4.79 Å². The van der Waals surface area contributed by atoms with Gasteiger partial charge in [-0.05, 0) is 5.56 Å². The van der Waals surface area contributed by atoms with Crippen LogP contribution in [0.25, 0.3) is 0 Å². The van der Waals surface area contributed by atoms with Crippen molar-refractivity contribution < 1.29 is 19.4 Å². The van der Waals surface area contributed by atoms with Crippen LogP contribution in [0.3, 0.4) is 0 Å². The molecule has 0 saturated carbocycles. The highest BCUT2D eigenvalue weighted by Gasteiger charge is 2.23. The third-order valence-corrected chi connectivity index (χ3v) is 2.82. The van der Waals surface area contributed by atoms with Crippen LogP contribution in [0.2, 0.25) is 0 Å². The van der Waals surface area contributed by atoms with Gasteiger partial charge in [0.25, 0.3) is 0 Å². The summed E-state index contributed by atoms with van der Waals surface area (Å²) in [5.74, 6) is 0. The number of benzene rings is 1. The Morgan fingerprint density at radius 3 is 2.94 bits per heavy atom. The van der Waals surface area contributed by atoms with Crippen LogP contribution in [-0.2, 0) is 16.1 Å². The second-order valence-corrected chi connectivity index (χ2v) is 4.22. The SMILES string of the molecule is O=C(O)N1CCO[C@@H](COCc2ccccc2)C1. The molecule has 1 N–H and O–H groups in total. The maximum absolute atomic E-state index is 10.8. The fraction of sp³-hybridized carbons (Fsp3) is 0.462. The van der Waals surface area contributed by atoms with Gasteiger partial charge in [-0.2, -0.15) is 0 Å². The van der Waals surface area contributed by atoms with Crippen LogP contribution >= 0.6 is 0 Å². The Morgan fingerprint density at radius 2 is 2.22 bits per heavy atom. The molecule has 0 spiro atoms. The van der Waals surface area contributed by atoms with E-state index in [9.17, 15) is 4.79 Å². The Kier molecular flexibility index (Phi) is 4.55. The van der Waals surface area contributed by atoms with Crippen LogP contribution in [0, 0.1) is 0 Å². The van der Waals surface area contributed by atoms with Gasteiger partial charge in [-0.3, -0.25) is 0 Å². The summed E-state index contributed by atoms with van der Waals surface area (Å²) in [5, 5.41) is 8.89. The monoisotopic (exact) mass is 251 g/mol. The summed E-state index contributed by atoms with van der Waals surface area (Å²) in [5.41, 5.74) is 1.10. The lowest BCUT2D eigenvalue weighted by atomic mass is 10.2. The van der Waals surface area contributed by atoms with Crippen LogP contribution in [0.5, 0.6) is 0 Å². The summed E-state index contributed by atoms with van der Waals surface area (Å²) in [7, 11) is 0. The summed E-state index contributed by atoms with van der Waals surface area (Å²) in [6.45, 7) is 2.19. The first-order chi connectivity index (χ1) is 8.75. The number of nitrogens with zero attached hydrogens (tertiary/aromatic N) is 1. The highest BCUT2D eigenvalue weighted by atomic mass is 16.5. The number of ether oxygens (including phenoxy) is 2. The highest BCUT2D eigenvalue weighted by Crippen LogP contribution is 2.07. The Bertz CT molecular complexity index is 382. The van der Waals surface area contributed by atoms with Gasteiger partial charge in [0, 0.05) is 6.54 Å². The number of morpholine rings is 1. The fourth-order valence-electron chi connectivity index (χ4n) is 1.88. The number of amides is 1. The van der Waals surface area contributed by atoms with Gasteiger partial charge in [-0.1, -0.05) is 30.3 Å². The molecule has 0 bridgehead atoms. The Morgan fingerprint density at radius 1 is 1.44 bits per heavy atom. The lowest BCUT2D eigenvalue weighted by molar-refractivity contribution is -0.0660. The van der Waals surface area contributed by atoms with Crippen molar-refractivity contribution in [3.8, 4) is 0 Å². The molecular formula is C13H17NO4. The summed E-state index contributed by atoms with van der Waals surface area (Å²) >= 11 is 0. The van der Waals surface area contributed by atoms with Crippen molar-refractivity contribution >= 4 is 6.09 Å². The number of carboxylic acid groups (broad SMARTS) is 1. The quantitative estimate of drug-likeness (QED) is 0.882. The van der Waals surface area contributed by atoms with Gasteiger partial charge in [0.05, 0.1) is 32.5 Å². The second-order valence-electron chi connectivity index (χ2n) is 4.22. The predicted molar refractivity (Wildman–Crippen MR) is 65.4 cm³/mol. The zero-order chi connectivity index (χ0) is 12.8. The minimum absolute atomic E-state index is 0.168. The summed E-state index contributed by atoms with van der Waals surface area (Å²) in [6.07, 6.45) is -1.06. The molecule has 1 aliphatic rings. The molecule has 1 atom stereocenters. The zero-order valence-electron chi connectivity index (χ0n) is 10.1. The third-order valence-electron chi connectivity index (χ3n) is 2.82.